The van der Waals surface area contributed by atoms with Gasteiger partial charge in [0.25, 0.3) is 0 Å². The fraction of sp³-hybridized carbons (Fsp3) is 0.391. The zero-order chi connectivity index (χ0) is 20.8. The summed E-state index contributed by atoms with van der Waals surface area (Å²) in [5, 5.41) is 0.571. The van der Waals surface area contributed by atoms with Gasteiger partial charge in [-0.2, -0.15) is 0 Å². The molecular weight excluding hydrogens is 402 g/mol. The predicted octanol–water partition coefficient (Wildman–Crippen LogP) is 3.86. The molecule has 1 amide bonds. The summed E-state index contributed by atoms with van der Waals surface area (Å²) in [5.41, 5.74) is 3.51. The number of fused-ring (bicyclic) bond motifs is 2. The highest BCUT2D eigenvalue weighted by atomic mass is 35.5. The molecule has 30 heavy (non-hydrogen) atoms. The van der Waals surface area contributed by atoms with Crippen molar-refractivity contribution in [2.24, 2.45) is 0 Å². The molecule has 0 spiro atoms. The third-order valence-electron chi connectivity index (χ3n) is 6.26. The molecule has 0 bridgehead atoms. The summed E-state index contributed by atoms with van der Waals surface area (Å²) in [5.74, 6) is -0.256. The SMILES string of the molecule is C[C@H]1Cc2ccccc2N1C(=O)CN1CCC[C@H](n2c(=O)oc3ccc(Cl)cc32)C1. The summed E-state index contributed by atoms with van der Waals surface area (Å²) in [6, 6.07) is 13.5. The molecule has 0 aliphatic carbocycles. The number of hydrogen-bond acceptors (Lipinski definition) is 4. The molecular formula is C23H24ClN3O3. The maximum atomic E-state index is 13.2. The van der Waals surface area contributed by atoms with E-state index >= 15 is 0 Å². The van der Waals surface area contributed by atoms with Crippen LogP contribution in [0, 0.1) is 0 Å². The smallest absolute Gasteiger partial charge is 0.408 e. The number of carbonyl (C=O) groups is 1. The maximum absolute atomic E-state index is 13.2. The molecule has 2 aliphatic heterocycles. The Bertz CT molecular complexity index is 1170. The Balaban J connectivity index is 1.36. The lowest BCUT2D eigenvalue weighted by molar-refractivity contribution is -0.120. The van der Waals surface area contributed by atoms with Crippen LogP contribution in [0.5, 0.6) is 0 Å². The molecule has 1 fully saturated rings. The van der Waals surface area contributed by atoms with Crippen molar-refractivity contribution in [2.75, 3.05) is 24.5 Å². The molecule has 2 aliphatic rings. The summed E-state index contributed by atoms with van der Waals surface area (Å²) >= 11 is 6.15. The number of halogens is 1. The fourth-order valence-corrected chi connectivity index (χ4v) is 5.12. The van der Waals surface area contributed by atoms with Gasteiger partial charge >= 0.3 is 5.76 Å². The van der Waals surface area contributed by atoms with Crippen molar-refractivity contribution in [3.63, 3.8) is 0 Å². The summed E-state index contributed by atoms with van der Waals surface area (Å²) in [4.78, 5) is 29.8. The second kappa shape index (κ2) is 7.60. The molecule has 7 heteroatoms. The van der Waals surface area contributed by atoms with Gasteiger partial charge in [0.2, 0.25) is 5.91 Å². The lowest BCUT2D eigenvalue weighted by atomic mass is 10.1. The second-order valence-corrected chi connectivity index (χ2v) is 8.76. The number of anilines is 1. The van der Waals surface area contributed by atoms with Crippen LogP contribution in [0.25, 0.3) is 11.1 Å². The van der Waals surface area contributed by atoms with Crippen molar-refractivity contribution in [3.05, 3.63) is 63.6 Å². The first kappa shape index (κ1) is 19.4. The van der Waals surface area contributed by atoms with E-state index in [4.69, 9.17) is 16.0 Å². The minimum atomic E-state index is -0.368. The van der Waals surface area contributed by atoms with Gasteiger partial charge in [-0.15, -0.1) is 0 Å². The fourth-order valence-electron chi connectivity index (χ4n) is 4.95. The van der Waals surface area contributed by atoms with Crippen LogP contribution in [0.2, 0.25) is 5.02 Å². The first-order valence-electron chi connectivity index (χ1n) is 10.4. The van der Waals surface area contributed by atoms with Gasteiger partial charge in [0.05, 0.1) is 18.1 Å². The number of aromatic nitrogens is 1. The normalized spacial score (nSPS) is 21.9. The van der Waals surface area contributed by atoms with E-state index in [0.29, 0.717) is 29.2 Å². The second-order valence-electron chi connectivity index (χ2n) is 8.33. The third kappa shape index (κ3) is 3.34. The zero-order valence-corrected chi connectivity index (χ0v) is 17.6. The Kier molecular flexibility index (Phi) is 4.91. The number of rotatable bonds is 3. The molecule has 1 aromatic heterocycles. The quantitative estimate of drug-likeness (QED) is 0.639. The van der Waals surface area contributed by atoms with Crippen molar-refractivity contribution in [3.8, 4) is 0 Å². The minimum absolute atomic E-state index is 0.0398. The summed E-state index contributed by atoms with van der Waals surface area (Å²) < 4.78 is 7.11. The van der Waals surface area contributed by atoms with E-state index in [0.717, 1.165) is 31.5 Å². The van der Waals surface area contributed by atoms with Crippen LogP contribution < -0.4 is 10.7 Å². The van der Waals surface area contributed by atoms with Gasteiger partial charge in [-0.3, -0.25) is 14.3 Å². The highest BCUT2D eigenvalue weighted by Gasteiger charge is 2.33. The predicted molar refractivity (Wildman–Crippen MR) is 117 cm³/mol. The molecule has 0 radical (unpaired) electrons. The molecule has 0 saturated carbocycles. The Morgan fingerprint density at radius 3 is 2.93 bits per heavy atom. The molecule has 3 heterocycles. The molecule has 3 aromatic rings. The first-order valence-corrected chi connectivity index (χ1v) is 10.8. The highest BCUT2D eigenvalue weighted by molar-refractivity contribution is 6.31. The van der Waals surface area contributed by atoms with Gasteiger partial charge < -0.3 is 9.32 Å². The molecule has 5 rings (SSSR count). The highest BCUT2D eigenvalue weighted by Crippen LogP contribution is 2.32. The van der Waals surface area contributed by atoms with Crippen molar-refractivity contribution < 1.29 is 9.21 Å². The summed E-state index contributed by atoms with van der Waals surface area (Å²) in [6.45, 7) is 3.92. The number of amides is 1. The van der Waals surface area contributed by atoms with E-state index in [-0.39, 0.29) is 23.7 Å². The van der Waals surface area contributed by atoms with Gasteiger partial charge in [-0.25, -0.2) is 4.79 Å². The Morgan fingerprint density at radius 2 is 2.07 bits per heavy atom. The van der Waals surface area contributed by atoms with E-state index in [1.54, 1.807) is 22.8 Å². The number of benzene rings is 2. The zero-order valence-electron chi connectivity index (χ0n) is 16.9. The maximum Gasteiger partial charge on any atom is 0.420 e. The topological polar surface area (TPSA) is 58.7 Å². The van der Waals surface area contributed by atoms with Gasteiger partial charge in [0, 0.05) is 23.3 Å². The van der Waals surface area contributed by atoms with Crippen LogP contribution in [0.3, 0.4) is 0 Å². The molecule has 2 aromatic carbocycles. The standard InChI is InChI=1S/C23H24ClN3O3/c1-15-11-16-5-2-3-7-19(16)26(15)22(28)14-25-10-4-6-18(13-25)27-20-12-17(24)8-9-21(20)30-23(27)29/h2-3,5,7-9,12,15,18H,4,6,10-11,13-14H2,1H3/t15-,18-/m0/s1. The molecule has 0 N–H and O–H groups in total. The first-order chi connectivity index (χ1) is 14.5. The van der Waals surface area contributed by atoms with Crippen molar-refractivity contribution >= 4 is 34.3 Å². The van der Waals surface area contributed by atoms with Crippen molar-refractivity contribution in [1.82, 2.24) is 9.47 Å². The lowest BCUT2D eigenvalue weighted by Gasteiger charge is -2.34. The van der Waals surface area contributed by atoms with Crippen LogP contribution in [-0.2, 0) is 11.2 Å². The lowest BCUT2D eigenvalue weighted by Crippen LogP contribution is -2.47. The molecule has 1 saturated heterocycles. The van der Waals surface area contributed by atoms with Gasteiger partial charge in [-0.05, 0) is 62.6 Å². The van der Waals surface area contributed by atoms with E-state index in [1.165, 1.54) is 5.56 Å². The monoisotopic (exact) mass is 425 g/mol. The Labute approximate surface area is 179 Å². The van der Waals surface area contributed by atoms with Crippen LogP contribution in [0.1, 0.15) is 31.4 Å². The number of nitrogens with zero attached hydrogens (tertiary/aromatic N) is 3. The number of hydrogen-bond donors (Lipinski definition) is 0. The number of para-hydroxylation sites is 1. The molecule has 6 nitrogen and oxygen atoms in total. The van der Waals surface area contributed by atoms with E-state index < -0.39 is 0 Å². The summed E-state index contributed by atoms with van der Waals surface area (Å²) in [7, 11) is 0. The molecule has 0 unspecified atom stereocenters. The number of oxazole rings is 1. The number of likely N-dealkylation sites (tertiary alicyclic amines) is 1. The van der Waals surface area contributed by atoms with Gasteiger partial charge in [0.1, 0.15) is 0 Å². The van der Waals surface area contributed by atoms with Crippen molar-refractivity contribution in [2.45, 2.75) is 38.3 Å². The number of carbonyl (C=O) groups excluding carboxylic acids is 1. The van der Waals surface area contributed by atoms with Gasteiger partial charge in [-0.1, -0.05) is 29.8 Å². The Hall–Kier alpha value is -2.57. The third-order valence-corrected chi connectivity index (χ3v) is 6.49. The average molecular weight is 426 g/mol. The van der Waals surface area contributed by atoms with Crippen LogP contribution >= 0.6 is 11.6 Å². The van der Waals surface area contributed by atoms with Crippen molar-refractivity contribution in [1.29, 1.82) is 0 Å². The largest absolute Gasteiger partial charge is 0.420 e. The molecule has 2 atom stereocenters. The van der Waals surface area contributed by atoms with E-state index in [1.807, 2.05) is 23.1 Å². The van der Waals surface area contributed by atoms with Gasteiger partial charge in [0.15, 0.2) is 5.58 Å². The average Bonchev–Trinajstić information content (AvgIpc) is 3.23. The summed E-state index contributed by atoms with van der Waals surface area (Å²) in [6.07, 6.45) is 2.68. The number of piperidine rings is 1. The van der Waals surface area contributed by atoms with Crippen LogP contribution in [0.4, 0.5) is 5.69 Å². The van der Waals surface area contributed by atoms with E-state index in [9.17, 15) is 9.59 Å². The van der Waals surface area contributed by atoms with E-state index in [2.05, 4.69) is 17.9 Å². The Morgan fingerprint density at radius 1 is 1.23 bits per heavy atom. The molecule has 156 valence electrons. The van der Waals surface area contributed by atoms with Crippen LogP contribution in [0.15, 0.2) is 51.7 Å². The minimum Gasteiger partial charge on any atom is -0.408 e. The van der Waals surface area contributed by atoms with Crippen LogP contribution in [-0.4, -0.2) is 41.1 Å².